The van der Waals surface area contributed by atoms with Crippen LogP contribution >= 0.6 is 0 Å². The van der Waals surface area contributed by atoms with Gasteiger partial charge >= 0.3 is 0 Å². The van der Waals surface area contributed by atoms with Crippen molar-refractivity contribution in [3.05, 3.63) is 24.2 Å². The summed E-state index contributed by atoms with van der Waals surface area (Å²) >= 11 is 0. The fourth-order valence-corrected chi connectivity index (χ4v) is 5.26. The molecule has 4 fully saturated rings. The molecule has 29 heavy (non-hydrogen) atoms. The molecule has 2 N–H and O–H groups in total. The Kier molecular flexibility index (Phi) is 5.16. The smallest absolute Gasteiger partial charge is 0.290 e. The van der Waals surface area contributed by atoms with Gasteiger partial charge in [-0.15, -0.1) is 0 Å². The van der Waals surface area contributed by atoms with Gasteiger partial charge in [-0.2, -0.15) is 0 Å². The molecule has 1 aliphatic carbocycles. The highest BCUT2D eigenvalue weighted by Gasteiger charge is 2.63. The van der Waals surface area contributed by atoms with Crippen LogP contribution in [0.4, 0.5) is 0 Å². The van der Waals surface area contributed by atoms with Crippen LogP contribution in [0.2, 0.25) is 0 Å². The molecule has 1 aromatic rings. The van der Waals surface area contributed by atoms with Crippen LogP contribution in [0.5, 0.6) is 0 Å². The number of furan rings is 1. The first-order chi connectivity index (χ1) is 14.0. The molecule has 4 aliphatic rings. The number of rotatable bonds is 4. The predicted octanol–water partition coefficient (Wildman–Crippen LogP) is 0.695. The van der Waals surface area contributed by atoms with Gasteiger partial charge < -0.3 is 24.5 Å². The minimum absolute atomic E-state index is 0.0987. The Bertz CT molecular complexity index is 800. The molecule has 4 atom stereocenters. The molecule has 3 aliphatic heterocycles. The number of amides is 2. The Morgan fingerprint density at radius 2 is 2.14 bits per heavy atom. The SMILES string of the molecule is O=C1CC(C(=O)N2C[C@@H]3[C@H](CNC(=O)c4ccoc4)[C@H]4CC[C@]3(C2)O4)C1.O=CO. The van der Waals surface area contributed by atoms with E-state index in [1.54, 1.807) is 6.07 Å². The summed E-state index contributed by atoms with van der Waals surface area (Å²) in [6, 6.07) is 1.64. The lowest BCUT2D eigenvalue weighted by Gasteiger charge is -2.29. The first kappa shape index (κ1) is 19.6. The van der Waals surface area contributed by atoms with Gasteiger partial charge in [0, 0.05) is 37.8 Å². The van der Waals surface area contributed by atoms with Gasteiger partial charge in [-0.05, 0) is 18.9 Å². The normalized spacial score (nSPS) is 32.2. The Hall–Kier alpha value is -2.68. The average molecular weight is 404 g/mol. The number of carboxylic acid groups (broad SMARTS) is 1. The Labute approximate surface area is 167 Å². The average Bonchev–Trinajstić information content (AvgIpc) is 3.44. The number of hydrogen-bond acceptors (Lipinski definition) is 6. The highest BCUT2D eigenvalue weighted by Crippen LogP contribution is 2.55. The minimum atomic E-state index is -0.251. The summed E-state index contributed by atoms with van der Waals surface area (Å²) in [4.78, 5) is 46.3. The number of carbonyl (C=O) groups is 4. The summed E-state index contributed by atoms with van der Waals surface area (Å²) in [5, 5.41) is 9.88. The van der Waals surface area contributed by atoms with E-state index < -0.39 is 0 Å². The van der Waals surface area contributed by atoms with Crippen LogP contribution in [-0.4, -0.2) is 65.4 Å². The molecule has 0 radical (unpaired) electrons. The van der Waals surface area contributed by atoms with E-state index in [9.17, 15) is 14.4 Å². The van der Waals surface area contributed by atoms with Crippen molar-refractivity contribution in [3.63, 3.8) is 0 Å². The highest BCUT2D eigenvalue weighted by molar-refractivity contribution is 5.96. The Morgan fingerprint density at radius 1 is 1.38 bits per heavy atom. The number of ether oxygens (including phenoxy) is 1. The van der Waals surface area contributed by atoms with Crippen molar-refractivity contribution in [1.29, 1.82) is 0 Å². The minimum Gasteiger partial charge on any atom is -0.483 e. The molecule has 4 heterocycles. The van der Waals surface area contributed by atoms with E-state index in [-0.39, 0.29) is 53.5 Å². The quantitative estimate of drug-likeness (QED) is 0.707. The van der Waals surface area contributed by atoms with Crippen LogP contribution in [-0.2, 0) is 19.1 Å². The lowest BCUT2D eigenvalue weighted by Crippen LogP contribution is -2.43. The van der Waals surface area contributed by atoms with Crippen molar-refractivity contribution < 1.29 is 33.4 Å². The van der Waals surface area contributed by atoms with Crippen molar-refractivity contribution in [1.82, 2.24) is 10.2 Å². The number of fused-ring (bicyclic) bond motifs is 1. The van der Waals surface area contributed by atoms with Crippen LogP contribution < -0.4 is 5.32 Å². The number of likely N-dealkylation sites (tertiary alicyclic amines) is 1. The van der Waals surface area contributed by atoms with Gasteiger partial charge in [0.2, 0.25) is 5.91 Å². The molecule has 5 rings (SSSR count). The second-order valence-electron chi connectivity index (χ2n) is 8.22. The molecule has 2 amide bonds. The molecule has 1 spiro atoms. The van der Waals surface area contributed by atoms with Crippen LogP contribution in [0.1, 0.15) is 36.0 Å². The summed E-state index contributed by atoms with van der Waals surface area (Å²) in [6.45, 7) is 1.60. The fourth-order valence-electron chi connectivity index (χ4n) is 5.26. The number of carbonyl (C=O) groups excluding carboxylic acids is 3. The van der Waals surface area contributed by atoms with Crippen molar-refractivity contribution in [3.8, 4) is 0 Å². The number of nitrogens with zero attached hydrogens (tertiary/aromatic N) is 1. The second kappa shape index (κ2) is 7.62. The summed E-state index contributed by atoms with van der Waals surface area (Å²) in [6.07, 6.45) is 5.81. The third-order valence-corrected chi connectivity index (χ3v) is 6.67. The Balaban J connectivity index is 0.000000645. The molecule has 1 aromatic heterocycles. The summed E-state index contributed by atoms with van der Waals surface area (Å²) in [5.41, 5.74) is 0.265. The van der Waals surface area contributed by atoms with Crippen LogP contribution in [0.25, 0.3) is 0 Å². The molecule has 9 heteroatoms. The molecule has 9 nitrogen and oxygen atoms in total. The zero-order valence-corrected chi connectivity index (χ0v) is 15.9. The number of nitrogens with one attached hydrogen (secondary N) is 1. The van der Waals surface area contributed by atoms with E-state index in [1.165, 1.54) is 12.5 Å². The molecule has 1 saturated carbocycles. The van der Waals surface area contributed by atoms with Gasteiger partial charge in [-0.1, -0.05) is 0 Å². The molecule has 3 saturated heterocycles. The van der Waals surface area contributed by atoms with Gasteiger partial charge in [0.1, 0.15) is 12.0 Å². The van der Waals surface area contributed by atoms with E-state index in [0.29, 0.717) is 38.0 Å². The fraction of sp³-hybridized carbons (Fsp3) is 0.600. The lowest BCUT2D eigenvalue weighted by molar-refractivity contribution is -0.145. The molecular weight excluding hydrogens is 380 g/mol. The van der Waals surface area contributed by atoms with Crippen molar-refractivity contribution in [2.75, 3.05) is 19.6 Å². The molecule has 0 unspecified atom stereocenters. The van der Waals surface area contributed by atoms with Crippen LogP contribution in [0.15, 0.2) is 23.0 Å². The molecular formula is C20H24N2O7. The number of ketones is 1. The van der Waals surface area contributed by atoms with E-state index in [2.05, 4.69) is 5.32 Å². The van der Waals surface area contributed by atoms with Gasteiger partial charge in [-0.25, -0.2) is 0 Å². The third-order valence-electron chi connectivity index (χ3n) is 6.67. The topological polar surface area (TPSA) is 126 Å². The van der Waals surface area contributed by atoms with E-state index in [4.69, 9.17) is 19.1 Å². The van der Waals surface area contributed by atoms with Gasteiger partial charge in [0.25, 0.3) is 12.4 Å². The monoisotopic (exact) mass is 404 g/mol. The van der Waals surface area contributed by atoms with Gasteiger partial charge in [-0.3, -0.25) is 19.2 Å². The van der Waals surface area contributed by atoms with E-state index >= 15 is 0 Å². The molecule has 2 bridgehead atoms. The maximum atomic E-state index is 12.6. The van der Waals surface area contributed by atoms with Crippen molar-refractivity contribution in [2.45, 2.75) is 37.4 Å². The first-order valence-corrected chi connectivity index (χ1v) is 9.84. The maximum Gasteiger partial charge on any atom is 0.290 e. The predicted molar refractivity (Wildman–Crippen MR) is 97.9 cm³/mol. The van der Waals surface area contributed by atoms with Gasteiger partial charge in [0.05, 0.1) is 36.0 Å². The number of Topliss-reactive ketones (excluding diaryl/α,β-unsaturated/α-hetero) is 1. The molecule has 0 aromatic carbocycles. The van der Waals surface area contributed by atoms with Crippen LogP contribution in [0.3, 0.4) is 0 Å². The summed E-state index contributed by atoms with van der Waals surface area (Å²) in [5.74, 6) is 0.481. The zero-order chi connectivity index (χ0) is 20.6. The Morgan fingerprint density at radius 3 is 2.79 bits per heavy atom. The zero-order valence-electron chi connectivity index (χ0n) is 15.9. The summed E-state index contributed by atoms with van der Waals surface area (Å²) < 4.78 is 11.3. The second-order valence-corrected chi connectivity index (χ2v) is 8.22. The standard InChI is InChI=1S/C19H22N2O5.CH2O2/c22-13-5-12(6-13)18(24)21-8-15-14(16-1-3-19(15,10-21)26-16)7-20-17(23)11-2-4-25-9-11;2-1-3/h2,4,9,12,14-16H,1,3,5-8,10H2,(H,20,23);1H,(H,2,3)/t14-,15+,16+,19+;/m0./s1. The first-order valence-electron chi connectivity index (χ1n) is 9.84. The molecule has 156 valence electrons. The van der Waals surface area contributed by atoms with Crippen molar-refractivity contribution >= 4 is 24.1 Å². The van der Waals surface area contributed by atoms with E-state index in [1.807, 2.05) is 4.90 Å². The largest absolute Gasteiger partial charge is 0.483 e. The lowest BCUT2D eigenvalue weighted by atomic mass is 9.73. The van der Waals surface area contributed by atoms with Crippen molar-refractivity contribution in [2.24, 2.45) is 17.8 Å². The number of hydrogen-bond donors (Lipinski definition) is 2. The van der Waals surface area contributed by atoms with E-state index in [0.717, 1.165) is 12.8 Å². The third kappa shape index (κ3) is 3.43. The van der Waals surface area contributed by atoms with Crippen LogP contribution in [0, 0.1) is 17.8 Å². The summed E-state index contributed by atoms with van der Waals surface area (Å²) in [7, 11) is 0. The highest BCUT2D eigenvalue weighted by atomic mass is 16.5. The maximum absolute atomic E-state index is 12.6. The van der Waals surface area contributed by atoms with Gasteiger partial charge in [0.15, 0.2) is 0 Å².